The van der Waals surface area contributed by atoms with Crippen LogP contribution in [-0.4, -0.2) is 25.8 Å². The van der Waals surface area contributed by atoms with Crippen LogP contribution in [0, 0.1) is 0 Å². The van der Waals surface area contributed by atoms with Gasteiger partial charge in [-0.3, -0.25) is 0 Å². The van der Waals surface area contributed by atoms with Crippen LogP contribution in [0.5, 0.6) is 0 Å². The van der Waals surface area contributed by atoms with Crippen molar-refractivity contribution >= 4 is 5.57 Å². The van der Waals surface area contributed by atoms with E-state index in [9.17, 15) is 0 Å². The minimum absolute atomic E-state index is 0.697. The van der Waals surface area contributed by atoms with Crippen molar-refractivity contribution in [3.8, 4) is 0 Å². The zero-order valence-corrected chi connectivity index (χ0v) is 11.3. The van der Waals surface area contributed by atoms with E-state index in [1.54, 1.807) is 11.1 Å². The molecule has 3 aliphatic rings. The summed E-state index contributed by atoms with van der Waals surface area (Å²) in [5.74, 6) is 0.754. The van der Waals surface area contributed by atoms with Crippen LogP contribution >= 0.6 is 0 Å². The first-order valence-electron chi connectivity index (χ1n) is 7.55. The van der Waals surface area contributed by atoms with Gasteiger partial charge in [-0.25, -0.2) is 0 Å². The number of fused-ring (bicyclic) bond motifs is 3. The predicted molar refractivity (Wildman–Crippen MR) is 77.3 cm³/mol. The Morgan fingerprint density at radius 3 is 3.16 bits per heavy atom. The number of piperidine rings is 1. The van der Waals surface area contributed by atoms with E-state index < -0.39 is 0 Å². The molecule has 2 nitrogen and oxygen atoms in total. The summed E-state index contributed by atoms with van der Waals surface area (Å²) in [5, 5.41) is 3.69. The van der Waals surface area contributed by atoms with Crippen molar-refractivity contribution in [1.82, 2.24) is 5.32 Å². The summed E-state index contributed by atoms with van der Waals surface area (Å²) < 4.78 is 5.41. The van der Waals surface area contributed by atoms with Gasteiger partial charge in [-0.15, -0.1) is 0 Å². The van der Waals surface area contributed by atoms with Crippen molar-refractivity contribution in [2.75, 3.05) is 19.8 Å². The van der Waals surface area contributed by atoms with E-state index in [1.807, 2.05) is 0 Å². The first kappa shape index (κ1) is 11.7. The average molecular weight is 255 g/mol. The maximum Gasteiger partial charge on any atom is 0.0653 e. The molecule has 2 atom stereocenters. The second-order valence-electron chi connectivity index (χ2n) is 5.98. The minimum Gasteiger partial charge on any atom is -0.377 e. The van der Waals surface area contributed by atoms with Gasteiger partial charge >= 0.3 is 0 Å². The third-order valence-corrected chi connectivity index (χ3v) is 4.90. The third-order valence-electron chi connectivity index (χ3n) is 4.90. The van der Waals surface area contributed by atoms with Crippen molar-refractivity contribution in [3.05, 3.63) is 41.0 Å². The maximum absolute atomic E-state index is 5.41. The number of hydrogen-bond donors (Lipinski definition) is 1. The van der Waals surface area contributed by atoms with Gasteiger partial charge < -0.3 is 10.1 Å². The van der Waals surface area contributed by atoms with Gasteiger partial charge in [0.2, 0.25) is 0 Å². The minimum atomic E-state index is 0.697. The Balaban J connectivity index is 1.69. The Kier molecular flexibility index (Phi) is 2.93. The Labute approximate surface area is 114 Å². The van der Waals surface area contributed by atoms with Crippen molar-refractivity contribution in [3.63, 3.8) is 0 Å². The van der Waals surface area contributed by atoms with Crippen molar-refractivity contribution < 1.29 is 4.74 Å². The van der Waals surface area contributed by atoms with E-state index in [0.717, 1.165) is 25.6 Å². The van der Waals surface area contributed by atoms with Crippen LogP contribution in [0.25, 0.3) is 5.57 Å². The summed E-state index contributed by atoms with van der Waals surface area (Å²) in [6.07, 6.45) is 7.21. The van der Waals surface area contributed by atoms with Gasteiger partial charge in [0.25, 0.3) is 0 Å². The molecule has 100 valence electrons. The molecule has 1 unspecified atom stereocenters. The van der Waals surface area contributed by atoms with Crippen molar-refractivity contribution in [2.45, 2.75) is 37.6 Å². The predicted octanol–water partition coefficient (Wildman–Crippen LogP) is 2.88. The van der Waals surface area contributed by atoms with E-state index >= 15 is 0 Å². The van der Waals surface area contributed by atoms with Gasteiger partial charge in [0.15, 0.2) is 0 Å². The van der Waals surface area contributed by atoms with Gasteiger partial charge in [0.05, 0.1) is 13.2 Å². The summed E-state index contributed by atoms with van der Waals surface area (Å²) in [6.45, 7) is 2.85. The van der Waals surface area contributed by atoms with Crippen LogP contribution in [0.15, 0.2) is 24.3 Å². The molecule has 0 aromatic heterocycles. The summed E-state index contributed by atoms with van der Waals surface area (Å²) in [7, 11) is 0. The molecule has 2 aliphatic heterocycles. The van der Waals surface area contributed by atoms with Crippen LogP contribution < -0.4 is 5.32 Å². The molecule has 1 fully saturated rings. The zero-order valence-electron chi connectivity index (χ0n) is 11.3. The number of nitrogens with one attached hydrogen (secondary N) is 1. The summed E-state index contributed by atoms with van der Waals surface area (Å²) >= 11 is 0. The zero-order chi connectivity index (χ0) is 12.7. The molecule has 0 amide bonds. The summed E-state index contributed by atoms with van der Waals surface area (Å²) in [5.41, 5.74) is 6.08. The normalized spacial score (nSPS) is 29.6. The highest BCUT2D eigenvalue weighted by atomic mass is 16.5. The Bertz CT molecular complexity index is 520. The number of benzene rings is 1. The lowest BCUT2D eigenvalue weighted by molar-refractivity contribution is 0.161. The lowest BCUT2D eigenvalue weighted by Crippen LogP contribution is -2.37. The first-order chi connectivity index (χ1) is 9.42. The largest absolute Gasteiger partial charge is 0.377 e. The van der Waals surface area contributed by atoms with Gasteiger partial charge in [0.1, 0.15) is 0 Å². The maximum atomic E-state index is 5.41. The highest BCUT2D eigenvalue weighted by Gasteiger charge is 2.34. The smallest absolute Gasteiger partial charge is 0.0653 e. The van der Waals surface area contributed by atoms with Crippen LogP contribution in [0.3, 0.4) is 0 Å². The molecule has 1 aromatic rings. The standard InChI is InChI=1S/C17H21NO/c1-2-15-16-10-13(12-5-8-19-9-6-12)3-4-14(16)11-17(15)18-7-1/h3-5,10,15,17-18H,1-2,6-9,11H2/t15-,17?/m1/s1. The van der Waals surface area contributed by atoms with E-state index in [-0.39, 0.29) is 0 Å². The number of rotatable bonds is 1. The summed E-state index contributed by atoms with van der Waals surface area (Å²) in [6, 6.07) is 7.83. The highest BCUT2D eigenvalue weighted by Crippen LogP contribution is 2.40. The van der Waals surface area contributed by atoms with E-state index in [4.69, 9.17) is 4.74 Å². The Morgan fingerprint density at radius 2 is 2.26 bits per heavy atom. The quantitative estimate of drug-likeness (QED) is 0.833. The molecule has 4 rings (SSSR count). The number of ether oxygens (including phenoxy) is 1. The van der Waals surface area contributed by atoms with Crippen LogP contribution in [-0.2, 0) is 11.2 Å². The summed E-state index contributed by atoms with van der Waals surface area (Å²) in [4.78, 5) is 0. The molecule has 1 aliphatic carbocycles. The lowest BCUT2D eigenvalue weighted by atomic mass is 9.88. The molecular formula is C17H21NO. The second kappa shape index (κ2) is 4.77. The third kappa shape index (κ3) is 2.03. The second-order valence-corrected chi connectivity index (χ2v) is 5.98. The van der Waals surface area contributed by atoms with Gasteiger partial charge in [0, 0.05) is 6.04 Å². The molecule has 2 heterocycles. The molecule has 1 saturated heterocycles. The van der Waals surface area contributed by atoms with Crippen LogP contribution in [0.2, 0.25) is 0 Å². The van der Waals surface area contributed by atoms with E-state index in [1.165, 1.54) is 36.9 Å². The van der Waals surface area contributed by atoms with E-state index in [0.29, 0.717) is 6.04 Å². The molecule has 1 N–H and O–H groups in total. The fraction of sp³-hybridized carbons (Fsp3) is 0.529. The lowest BCUT2D eigenvalue weighted by Gasteiger charge is -2.27. The molecule has 1 aromatic carbocycles. The molecule has 2 heteroatoms. The van der Waals surface area contributed by atoms with Gasteiger partial charge in [-0.2, -0.15) is 0 Å². The van der Waals surface area contributed by atoms with E-state index in [2.05, 4.69) is 29.6 Å². The molecule has 0 saturated carbocycles. The fourth-order valence-corrected chi connectivity index (χ4v) is 3.89. The first-order valence-corrected chi connectivity index (χ1v) is 7.55. The van der Waals surface area contributed by atoms with Gasteiger partial charge in [-0.05, 0) is 60.4 Å². The monoisotopic (exact) mass is 255 g/mol. The molecule has 19 heavy (non-hydrogen) atoms. The molecule has 0 radical (unpaired) electrons. The van der Waals surface area contributed by atoms with Crippen LogP contribution in [0.1, 0.15) is 41.9 Å². The highest BCUT2D eigenvalue weighted by molar-refractivity contribution is 5.68. The molecule has 0 bridgehead atoms. The SMILES string of the molecule is C1=C(c2ccc3c(c2)[C@H]2CCCNC2C3)CCOC1. The van der Waals surface area contributed by atoms with Crippen LogP contribution in [0.4, 0.5) is 0 Å². The molecule has 0 spiro atoms. The Morgan fingerprint density at radius 1 is 1.26 bits per heavy atom. The van der Waals surface area contributed by atoms with Gasteiger partial charge in [-0.1, -0.05) is 24.3 Å². The number of hydrogen-bond acceptors (Lipinski definition) is 2. The van der Waals surface area contributed by atoms with Crippen molar-refractivity contribution in [2.24, 2.45) is 0 Å². The van der Waals surface area contributed by atoms with Crippen molar-refractivity contribution in [1.29, 1.82) is 0 Å². The average Bonchev–Trinajstić information content (AvgIpc) is 2.86. The fourth-order valence-electron chi connectivity index (χ4n) is 3.89. The molecular weight excluding hydrogens is 234 g/mol. The topological polar surface area (TPSA) is 21.3 Å². The Hall–Kier alpha value is -1.12.